The predicted molar refractivity (Wildman–Crippen MR) is 77.1 cm³/mol. The van der Waals surface area contributed by atoms with Gasteiger partial charge in [0, 0.05) is 45.5 Å². The van der Waals surface area contributed by atoms with Crippen LogP contribution in [0, 0.1) is 5.92 Å². The fraction of sp³-hybridized carbons (Fsp3) is 0.733. The van der Waals surface area contributed by atoms with Gasteiger partial charge in [-0.25, -0.2) is 4.98 Å². The summed E-state index contributed by atoms with van der Waals surface area (Å²) in [6, 6.07) is 0.0812. The SMILES string of the molecule is Cn1ccnc1C1CNCCN1C(=O)CC1CCCC1. The van der Waals surface area contributed by atoms with Crippen molar-refractivity contribution in [1.82, 2.24) is 19.8 Å². The van der Waals surface area contributed by atoms with E-state index < -0.39 is 0 Å². The van der Waals surface area contributed by atoms with Gasteiger partial charge in [0.1, 0.15) is 11.9 Å². The summed E-state index contributed by atoms with van der Waals surface area (Å²) in [6.07, 6.45) is 9.52. The maximum atomic E-state index is 12.6. The molecule has 0 aromatic carbocycles. The molecule has 1 aromatic heterocycles. The average molecular weight is 276 g/mol. The first-order chi connectivity index (χ1) is 9.75. The van der Waals surface area contributed by atoms with Crippen LogP contribution in [-0.4, -0.2) is 40.0 Å². The molecule has 1 aromatic rings. The molecule has 1 atom stereocenters. The number of rotatable bonds is 3. The van der Waals surface area contributed by atoms with E-state index >= 15 is 0 Å². The van der Waals surface area contributed by atoms with Gasteiger partial charge in [0.2, 0.25) is 5.91 Å². The highest BCUT2D eigenvalue weighted by molar-refractivity contribution is 5.77. The Morgan fingerprint density at radius 3 is 2.95 bits per heavy atom. The molecule has 3 rings (SSSR count). The molecule has 2 heterocycles. The summed E-state index contributed by atoms with van der Waals surface area (Å²) in [6.45, 7) is 2.49. The molecule has 5 nitrogen and oxygen atoms in total. The van der Waals surface area contributed by atoms with Crippen LogP contribution in [0.1, 0.15) is 44.0 Å². The van der Waals surface area contributed by atoms with E-state index in [9.17, 15) is 4.79 Å². The molecule has 1 N–H and O–H groups in total. The molecule has 20 heavy (non-hydrogen) atoms. The van der Waals surface area contributed by atoms with E-state index in [0.29, 0.717) is 11.8 Å². The van der Waals surface area contributed by atoms with Crippen LogP contribution in [0.5, 0.6) is 0 Å². The number of nitrogens with zero attached hydrogens (tertiary/aromatic N) is 3. The third-order valence-corrected chi connectivity index (χ3v) is 4.66. The van der Waals surface area contributed by atoms with Crippen LogP contribution in [-0.2, 0) is 11.8 Å². The van der Waals surface area contributed by atoms with Crippen molar-refractivity contribution in [1.29, 1.82) is 0 Å². The highest BCUT2D eigenvalue weighted by Gasteiger charge is 2.31. The summed E-state index contributed by atoms with van der Waals surface area (Å²) in [5.74, 6) is 1.91. The van der Waals surface area contributed by atoms with Crippen molar-refractivity contribution in [3.8, 4) is 0 Å². The van der Waals surface area contributed by atoms with Crippen molar-refractivity contribution in [2.24, 2.45) is 13.0 Å². The maximum absolute atomic E-state index is 12.6. The molecular weight excluding hydrogens is 252 g/mol. The summed E-state index contributed by atoms with van der Waals surface area (Å²) < 4.78 is 2.02. The lowest BCUT2D eigenvalue weighted by Crippen LogP contribution is -2.49. The van der Waals surface area contributed by atoms with Crippen LogP contribution in [0.15, 0.2) is 12.4 Å². The number of piperazine rings is 1. The molecule has 5 heteroatoms. The molecule has 2 aliphatic rings. The highest BCUT2D eigenvalue weighted by Crippen LogP contribution is 2.30. The van der Waals surface area contributed by atoms with Gasteiger partial charge in [0.25, 0.3) is 0 Å². The topological polar surface area (TPSA) is 50.2 Å². The molecule has 1 aliphatic heterocycles. The van der Waals surface area contributed by atoms with Crippen LogP contribution in [0.3, 0.4) is 0 Å². The van der Waals surface area contributed by atoms with E-state index in [1.54, 1.807) is 0 Å². The Balaban J connectivity index is 1.71. The van der Waals surface area contributed by atoms with E-state index in [1.165, 1.54) is 25.7 Å². The fourth-order valence-corrected chi connectivity index (χ4v) is 3.51. The lowest BCUT2D eigenvalue weighted by atomic mass is 10.0. The van der Waals surface area contributed by atoms with Gasteiger partial charge in [0.15, 0.2) is 0 Å². The molecular formula is C15H24N4O. The molecule has 1 saturated carbocycles. The molecule has 1 saturated heterocycles. The number of imidazole rings is 1. The van der Waals surface area contributed by atoms with Gasteiger partial charge < -0.3 is 14.8 Å². The van der Waals surface area contributed by atoms with Crippen molar-refractivity contribution in [2.75, 3.05) is 19.6 Å². The second-order valence-corrected chi connectivity index (χ2v) is 6.06. The van der Waals surface area contributed by atoms with Crippen LogP contribution in [0.2, 0.25) is 0 Å². The standard InChI is InChI=1S/C15H24N4O/c1-18-8-7-17-15(18)13-11-16-6-9-19(13)14(20)10-12-4-2-3-5-12/h7-8,12-13,16H,2-6,9-11H2,1H3. The maximum Gasteiger partial charge on any atom is 0.223 e. The number of amides is 1. The average Bonchev–Trinajstić information content (AvgIpc) is 3.10. The summed E-state index contributed by atoms with van der Waals surface area (Å²) in [7, 11) is 2.00. The highest BCUT2D eigenvalue weighted by atomic mass is 16.2. The summed E-state index contributed by atoms with van der Waals surface area (Å²) in [5.41, 5.74) is 0. The second kappa shape index (κ2) is 5.95. The Labute approximate surface area is 120 Å². The van der Waals surface area contributed by atoms with Crippen LogP contribution in [0.4, 0.5) is 0 Å². The number of hydrogen-bond acceptors (Lipinski definition) is 3. The Bertz CT molecular complexity index is 464. The third kappa shape index (κ3) is 2.73. The molecule has 110 valence electrons. The van der Waals surface area contributed by atoms with Gasteiger partial charge in [-0.15, -0.1) is 0 Å². The quantitative estimate of drug-likeness (QED) is 0.909. The van der Waals surface area contributed by atoms with Gasteiger partial charge >= 0.3 is 0 Å². The van der Waals surface area contributed by atoms with Crippen molar-refractivity contribution >= 4 is 5.91 Å². The molecule has 0 radical (unpaired) electrons. The number of aromatic nitrogens is 2. The molecule has 1 aliphatic carbocycles. The zero-order chi connectivity index (χ0) is 13.9. The molecule has 1 amide bonds. The Morgan fingerprint density at radius 1 is 1.45 bits per heavy atom. The normalized spacial score (nSPS) is 24.2. The number of hydrogen-bond donors (Lipinski definition) is 1. The predicted octanol–water partition coefficient (Wildman–Crippen LogP) is 1.47. The molecule has 0 bridgehead atoms. The van der Waals surface area contributed by atoms with Crippen molar-refractivity contribution < 1.29 is 4.79 Å². The van der Waals surface area contributed by atoms with Gasteiger partial charge in [-0.3, -0.25) is 4.79 Å². The molecule has 1 unspecified atom stereocenters. The van der Waals surface area contributed by atoms with Crippen molar-refractivity contribution in [3.63, 3.8) is 0 Å². The fourth-order valence-electron chi connectivity index (χ4n) is 3.51. The van der Waals surface area contributed by atoms with E-state index in [4.69, 9.17) is 0 Å². The minimum absolute atomic E-state index is 0.0812. The monoisotopic (exact) mass is 276 g/mol. The van der Waals surface area contributed by atoms with E-state index in [0.717, 1.165) is 31.9 Å². The van der Waals surface area contributed by atoms with E-state index in [2.05, 4.69) is 10.3 Å². The minimum Gasteiger partial charge on any atom is -0.336 e. The van der Waals surface area contributed by atoms with Gasteiger partial charge in [-0.05, 0) is 18.8 Å². The molecule has 0 spiro atoms. The van der Waals surface area contributed by atoms with Gasteiger partial charge in [-0.2, -0.15) is 0 Å². The van der Waals surface area contributed by atoms with Crippen LogP contribution < -0.4 is 5.32 Å². The first-order valence-corrected chi connectivity index (χ1v) is 7.73. The van der Waals surface area contributed by atoms with E-state index in [1.807, 2.05) is 28.9 Å². The zero-order valence-electron chi connectivity index (χ0n) is 12.2. The van der Waals surface area contributed by atoms with Crippen molar-refractivity contribution in [2.45, 2.75) is 38.1 Å². The number of aryl methyl sites for hydroxylation is 1. The van der Waals surface area contributed by atoms with E-state index in [-0.39, 0.29) is 6.04 Å². The minimum atomic E-state index is 0.0812. The number of carbonyl (C=O) groups is 1. The summed E-state index contributed by atoms with van der Waals surface area (Å²) in [5, 5.41) is 3.38. The zero-order valence-corrected chi connectivity index (χ0v) is 12.2. The van der Waals surface area contributed by atoms with Crippen molar-refractivity contribution in [3.05, 3.63) is 18.2 Å². The first kappa shape index (κ1) is 13.6. The smallest absolute Gasteiger partial charge is 0.223 e. The Morgan fingerprint density at radius 2 is 2.25 bits per heavy atom. The van der Waals surface area contributed by atoms with Gasteiger partial charge in [-0.1, -0.05) is 12.8 Å². The Hall–Kier alpha value is -1.36. The number of carbonyl (C=O) groups excluding carboxylic acids is 1. The summed E-state index contributed by atoms with van der Waals surface area (Å²) in [4.78, 5) is 19.1. The second-order valence-electron chi connectivity index (χ2n) is 6.06. The lowest BCUT2D eigenvalue weighted by Gasteiger charge is -2.36. The third-order valence-electron chi connectivity index (χ3n) is 4.66. The van der Waals surface area contributed by atoms with Crippen LogP contribution in [0.25, 0.3) is 0 Å². The molecule has 2 fully saturated rings. The Kier molecular flexibility index (Phi) is 4.05. The number of nitrogens with one attached hydrogen (secondary N) is 1. The summed E-state index contributed by atoms with van der Waals surface area (Å²) >= 11 is 0. The van der Waals surface area contributed by atoms with Gasteiger partial charge in [0.05, 0.1) is 0 Å². The van der Waals surface area contributed by atoms with Crippen LogP contribution >= 0.6 is 0 Å². The lowest BCUT2D eigenvalue weighted by molar-refractivity contribution is -0.135. The largest absolute Gasteiger partial charge is 0.336 e. The first-order valence-electron chi connectivity index (χ1n) is 7.73.